The lowest BCUT2D eigenvalue weighted by Gasteiger charge is -2.35. The number of aryl methyl sites for hydroxylation is 2. The van der Waals surface area contributed by atoms with Gasteiger partial charge >= 0.3 is 0 Å². The summed E-state index contributed by atoms with van der Waals surface area (Å²) in [7, 11) is 0. The number of halogens is 1. The molecule has 4 aromatic rings. The van der Waals surface area contributed by atoms with Crippen LogP contribution in [-0.4, -0.2) is 47.1 Å². The standard InChI is InChI=1S/C32H39ClN4/c1-2-8-26-9-3-5-11-28(26)30-24-37(16-7-15-34)32-14-13-25(21-29(30)32)22-35-17-19-36(20-18-35)23-27-10-4-6-12-31(27)33/h3-6,9-14,21,24H,2,7-8,15-20,22-23,34H2,1H3. The third-order valence-corrected chi connectivity index (χ3v) is 7.97. The van der Waals surface area contributed by atoms with Crippen molar-refractivity contribution < 1.29 is 0 Å². The Balaban J connectivity index is 1.35. The van der Waals surface area contributed by atoms with Gasteiger partial charge in [0.05, 0.1) is 0 Å². The van der Waals surface area contributed by atoms with Gasteiger partial charge in [-0.05, 0) is 59.8 Å². The van der Waals surface area contributed by atoms with E-state index in [1.165, 1.54) is 38.7 Å². The van der Waals surface area contributed by atoms with Crippen LogP contribution in [0.25, 0.3) is 22.0 Å². The Morgan fingerprint density at radius 1 is 0.811 bits per heavy atom. The number of benzene rings is 3. The smallest absolute Gasteiger partial charge is 0.0486 e. The van der Waals surface area contributed by atoms with E-state index in [4.69, 9.17) is 17.3 Å². The maximum atomic E-state index is 6.40. The summed E-state index contributed by atoms with van der Waals surface area (Å²) < 4.78 is 2.40. The van der Waals surface area contributed by atoms with E-state index in [-0.39, 0.29) is 0 Å². The molecule has 0 spiro atoms. The van der Waals surface area contributed by atoms with Crippen LogP contribution in [0.2, 0.25) is 5.02 Å². The number of nitrogens with zero attached hydrogens (tertiary/aromatic N) is 3. The Bertz CT molecular complexity index is 1320. The van der Waals surface area contributed by atoms with E-state index in [9.17, 15) is 0 Å². The monoisotopic (exact) mass is 514 g/mol. The topological polar surface area (TPSA) is 37.4 Å². The molecule has 3 aromatic carbocycles. The van der Waals surface area contributed by atoms with Crippen LogP contribution in [-0.2, 0) is 26.1 Å². The lowest BCUT2D eigenvalue weighted by Crippen LogP contribution is -2.45. The van der Waals surface area contributed by atoms with Crippen molar-refractivity contribution in [2.24, 2.45) is 5.73 Å². The van der Waals surface area contributed by atoms with E-state index in [1.54, 1.807) is 0 Å². The third-order valence-electron chi connectivity index (χ3n) is 7.60. The van der Waals surface area contributed by atoms with Crippen LogP contribution in [0.5, 0.6) is 0 Å². The highest BCUT2D eigenvalue weighted by Gasteiger charge is 2.19. The van der Waals surface area contributed by atoms with E-state index in [0.29, 0.717) is 6.54 Å². The first-order chi connectivity index (χ1) is 18.2. The molecule has 0 atom stereocenters. The fourth-order valence-electron chi connectivity index (χ4n) is 5.61. The first-order valence-corrected chi connectivity index (χ1v) is 14.1. The molecule has 37 heavy (non-hydrogen) atoms. The van der Waals surface area contributed by atoms with Gasteiger partial charge in [0.25, 0.3) is 0 Å². The van der Waals surface area contributed by atoms with Crippen molar-refractivity contribution in [3.63, 3.8) is 0 Å². The maximum absolute atomic E-state index is 6.40. The summed E-state index contributed by atoms with van der Waals surface area (Å²) in [5.74, 6) is 0. The molecule has 0 saturated carbocycles. The predicted octanol–water partition coefficient (Wildman–Crippen LogP) is 6.58. The first kappa shape index (κ1) is 26.0. The van der Waals surface area contributed by atoms with E-state index in [0.717, 1.165) is 70.1 Å². The normalized spacial score (nSPS) is 15.0. The van der Waals surface area contributed by atoms with Gasteiger partial charge in [-0.25, -0.2) is 0 Å². The van der Waals surface area contributed by atoms with E-state index in [1.807, 2.05) is 12.1 Å². The van der Waals surface area contributed by atoms with Gasteiger partial charge < -0.3 is 10.3 Å². The number of rotatable bonds is 10. The van der Waals surface area contributed by atoms with Gasteiger partial charge in [0, 0.05) is 73.5 Å². The summed E-state index contributed by atoms with van der Waals surface area (Å²) >= 11 is 6.40. The summed E-state index contributed by atoms with van der Waals surface area (Å²) in [5, 5.41) is 2.23. The maximum Gasteiger partial charge on any atom is 0.0486 e. The van der Waals surface area contributed by atoms with Crippen molar-refractivity contribution in [2.75, 3.05) is 32.7 Å². The molecule has 4 nitrogen and oxygen atoms in total. The molecule has 2 heterocycles. The molecular formula is C32H39ClN4. The Labute approximate surface area is 226 Å². The van der Waals surface area contributed by atoms with Crippen LogP contribution in [0.3, 0.4) is 0 Å². The number of hydrogen-bond donors (Lipinski definition) is 1. The fourth-order valence-corrected chi connectivity index (χ4v) is 5.80. The molecule has 1 fully saturated rings. The summed E-state index contributed by atoms with van der Waals surface area (Å²) in [6.45, 7) is 10.1. The number of nitrogens with two attached hydrogens (primary N) is 1. The average molecular weight is 515 g/mol. The second-order valence-electron chi connectivity index (χ2n) is 10.3. The molecule has 1 aliphatic heterocycles. The molecule has 0 aliphatic carbocycles. The number of piperazine rings is 1. The summed E-state index contributed by atoms with van der Waals surface area (Å²) in [4.78, 5) is 5.10. The van der Waals surface area contributed by atoms with Crippen molar-refractivity contribution in [2.45, 2.75) is 45.8 Å². The largest absolute Gasteiger partial charge is 0.347 e. The van der Waals surface area contributed by atoms with Crippen molar-refractivity contribution >= 4 is 22.5 Å². The second kappa shape index (κ2) is 12.3. The van der Waals surface area contributed by atoms with E-state index in [2.05, 4.69) is 82.1 Å². The van der Waals surface area contributed by atoms with E-state index < -0.39 is 0 Å². The summed E-state index contributed by atoms with van der Waals surface area (Å²) in [5.41, 5.74) is 13.9. The SMILES string of the molecule is CCCc1ccccc1-c1cn(CCCN)c2ccc(CN3CCN(Cc4ccccc4Cl)CC3)cc12. The Hall–Kier alpha value is -2.63. The van der Waals surface area contributed by atoms with Crippen LogP contribution in [0.1, 0.15) is 36.5 Å². The molecule has 0 bridgehead atoms. The Morgan fingerprint density at radius 3 is 2.24 bits per heavy atom. The number of aromatic nitrogens is 1. The molecule has 5 rings (SSSR count). The second-order valence-corrected chi connectivity index (χ2v) is 10.7. The zero-order valence-corrected chi connectivity index (χ0v) is 22.8. The van der Waals surface area contributed by atoms with E-state index >= 15 is 0 Å². The van der Waals surface area contributed by atoms with Crippen molar-refractivity contribution in [1.29, 1.82) is 0 Å². The van der Waals surface area contributed by atoms with Crippen molar-refractivity contribution in [1.82, 2.24) is 14.4 Å². The van der Waals surface area contributed by atoms with Gasteiger partial charge in [-0.2, -0.15) is 0 Å². The van der Waals surface area contributed by atoms with Crippen LogP contribution >= 0.6 is 11.6 Å². The molecule has 5 heteroatoms. The molecule has 0 radical (unpaired) electrons. The van der Waals surface area contributed by atoms with Crippen molar-refractivity contribution in [3.05, 3.63) is 94.6 Å². The molecule has 0 amide bonds. The minimum atomic E-state index is 0.710. The minimum Gasteiger partial charge on any atom is -0.347 e. The van der Waals surface area contributed by atoms with Gasteiger partial charge in [-0.3, -0.25) is 9.80 Å². The predicted molar refractivity (Wildman–Crippen MR) is 157 cm³/mol. The number of hydrogen-bond acceptors (Lipinski definition) is 3. The first-order valence-electron chi connectivity index (χ1n) is 13.7. The quantitative estimate of drug-likeness (QED) is 0.259. The third kappa shape index (κ3) is 6.10. The highest BCUT2D eigenvalue weighted by Crippen LogP contribution is 2.34. The minimum absolute atomic E-state index is 0.710. The van der Waals surface area contributed by atoms with Gasteiger partial charge in [-0.15, -0.1) is 0 Å². The summed E-state index contributed by atoms with van der Waals surface area (Å²) in [6.07, 6.45) is 5.59. The Morgan fingerprint density at radius 2 is 1.51 bits per heavy atom. The molecular weight excluding hydrogens is 476 g/mol. The highest BCUT2D eigenvalue weighted by atomic mass is 35.5. The molecule has 1 aromatic heterocycles. The molecule has 194 valence electrons. The van der Waals surface area contributed by atoms with Gasteiger partial charge in [0.15, 0.2) is 0 Å². The van der Waals surface area contributed by atoms with Crippen LogP contribution in [0, 0.1) is 0 Å². The lowest BCUT2D eigenvalue weighted by molar-refractivity contribution is 0.122. The summed E-state index contributed by atoms with van der Waals surface area (Å²) in [6, 6.07) is 24.2. The van der Waals surface area contributed by atoms with Crippen LogP contribution < -0.4 is 5.73 Å². The zero-order chi connectivity index (χ0) is 25.6. The average Bonchev–Trinajstić information content (AvgIpc) is 3.28. The van der Waals surface area contributed by atoms with Crippen molar-refractivity contribution in [3.8, 4) is 11.1 Å². The van der Waals surface area contributed by atoms with Gasteiger partial charge in [0.2, 0.25) is 0 Å². The molecule has 1 aliphatic rings. The zero-order valence-electron chi connectivity index (χ0n) is 22.0. The van der Waals surface area contributed by atoms with Crippen LogP contribution in [0.15, 0.2) is 72.9 Å². The van der Waals surface area contributed by atoms with Gasteiger partial charge in [-0.1, -0.05) is 73.5 Å². The fraction of sp³-hybridized carbons (Fsp3) is 0.375. The Kier molecular flexibility index (Phi) is 8.62. The highest BCUT2D eigenvalue weighted by molar-refractivity contribution is 6.31. The number of fused-ring (bicyclic) bond motifs is 1. The lowest BCUT2D eigenvalue weighted by atomic mass is 9.96. The van der Waals surface area contributed by atoms with Crippen LogP contribution in [0.4, 0.5) is 0 Å². The molecule has 1 saturated heterocycles. The molecule has 2 N–H and O–H groups in total. The molecule has 0 unspecified atom stereocenters. The van der Waals surface area contributed by atoms with Gasteiger partial charge in [0.1, 0.15) is 0 Å².